The molecular formula is C11H18N2O3. The van der Waals surface area contributed by atoms with Gasteiger partial charge in [0.25, 0.3) is 0 Å². The van der Waals surface area contributed by atoms with Crippen molar-refractivity contribution in [2.75, 3.05) is 6.54 Å². The summed E-state index contributed by atoms with van der Waals surface area (Å²) < 4.78 is 0. The third-order valence-electron chi connectivity index (χ3n) is 3.22. The Kier molecular flexibility index (Phi) is 3.14. The molecule has 5 heteroatoms. The predicted molar refractivity (Wildman–Crippen MR) is 58.0 cm³/mol. The quantitative estimate of drug-likeness (QED) is 0.718. The number of rotatable bonds is 4. The summed E-state index contributed by atoms with van der Waals surface area (Å²) in [5.74, 6) is -0.839. The Balaban J connectivity index is 1.99. The van der Waals surface area contributed by atoms with Crippen molar-refractivity contribution in [3.63, 3.8) is 0 Å². The summed E-state index contributed by atoms with van der Waals surface area (Å²) in [5.41, 5.74) is 0. The maximum atomic E-state index is 11.8. The van der Waals surface area contributed by atoms with Gasteiger partial charge in [-0.2, -0.15) is 0 Å². The van der Waals surface area contributed by atoms with Gasteiger partial charge in [-0.3, -0.25) is 14.5 Å². The molecule has 2 rings (SSSR count). The molecule has 16 heavy (non-hydrogen) atoms. The molecule has 2 atom stereocenters. The van der Waals surface area contributed by atoms with E-state index in [0.717, 1.165) is 19.4 Å². The van der Waals surface area contributed by atoms with E-state index in [1.54, 1.807) is 0 Å². The number of carbonyl (C=O) groups excluding carboxylic acids is 1. The Morgan fingerprint density at radius 2 is 2.25 bits per heavy atom. The van der Waals surface area contributed by atoms with Crippen molar-refractivity contribution in [3.8, 4) is 0 Å². The van der Waals surface area contributed by atoms with E-state index in [0.29, 0.717) is 12.5 Å². The SMILES string of the molecule is CC1CN(C2CC2)C(CCC(=O)O)C(=O)N1. The third-order valence-corrected chi connectivity index (χ3v) is 3.22. The second-order valence-corrected chi connectivity index (χ2v) is 4.79. The number of carbonyl (C=O) groups is 2. The van der Waals surface area contributed by atoms with Crippen molar-refractivity contribution in [3.05, 3.63) is 0 Å². The van der Waals surface area contributed by atoms with E-state index < -0.39 is 5.97 Å². The molecule has 0 aromatic carbocycles. The Morgan fingerprint density at radius 3 is 2.81 bits per heavy atom. The van der Waals surface area contributed by atoms with Gasteiger partial charge in [-0.15, -0.1) is 0 Å². The van der Waals surface area contributed by atoms with Gasteiger partial charge in [0.05, 0.1) is 6.04 Å². The smallest absolute Gasteiger partial charge is 0.303 e. The monoisotopic (exact) mass is 226 g/mol. The van der Waals surface area contributed by atoms with Gasteiger partial charge in [-0.25, -0.2) is 0 Å². The first-order valence-corrected chi connectivity index (χ1v) is 5.86. The molecule has 2 aliphatic rings. The summed E-state index contributed by atoms with van der Waals surface area (Å²) in [7, 11) is 0. The highest BCUT2D eigenvalue weighted by Crippen LogP contribution is 2.31. The fourth-order valence-electron chi connectivity index (χ4n) is 2.35. The largest absolute Gasteiger partial charge is 0.481 e. The normalized spacial score (nSPS) is 31.2. The van der Waals surface area contributed by atoms with Gasteiger partial charge in [0, 0.05) is 25.0 Å². The maximum absolute atomic E-state index is 11.8. The number of nitrogens with one attached hydrogen (secondary N) is 1. The van der Waals surface area contributed by atoms with Crippen molar-refractivity contribution in [1.29, 1.82) is 0 Å². The molecule has 0 aromatic rings. The Hall–Kier alpha value is -1.10. The van der Waals surface area contributed by atoms with Crippen LogP contribution in [0.4, 0.5) is 0 Å². The fraction of sp³-hybridized carbons (Fsp3) is 0.818. The highest BCUT2D eigenvalue weighted by atomic mass is 16.4. The van der Waals surface area contributed by atoms with Gasteiger partial charge in [0.2, 0.25) is 5.91 Å². The van der Waals surface area contributed by atoms with Crippen molar-refractivity contribution in [1.82, 2.24) is 10.2 Å². The molecular weight excluding hydrogens is 208 g/mol. The molecule has 5 nitrogen and oxygen atoms in total. The molecule has 2 unspecified atom stereocenters. The van der Waals surface area contributed by atoms with E-state index in [-0.39, 0.29) is 24.4 Å². The molecule has 2 N–H and O–H groups in total. The van der Waals surface area contributed by atoms with E-state index in [1.807, 2.05) is 6.92 Å². The van der Waals surface area contributed by atoms with E-state index in [9.17, 15) is 9.59 Å². The Morgan fingerprint density at radius 1 is 1.56 bits per heavy atom. The Bertz CT molecular complexity index is 302. The first kappa shape index (κ1) is 11.4. The molecule has 0 radical (unpaired) electrons. The minimum atomic E-state index is -0.831. The summed E-state index contributed by atoms with van der Waals surface area (Å²) in [4.78, 5) is 24.6. The standard InChI is InChI=1S/C11H18N2O3/c1-7-6-13(8-2-3-8)9(11(16)12-7)4-5-10(14)15/h7-9H,2-6H2,1H3,(H,12,16)(H,14,15). The van der Waals surface area contributed by atoms with Crippen LogP contribution in [-0.2, 0) is 9.59 Å². The summed E-state index contributed by atoms with van der Waals surface area (Å²) in [6.45, 7) is 2.83. The molecule has 2 fully saturated rings. The summed E-state index contributed by atoms with van der Waals surface area (Å²) in [6, 6.07) is 0.446. The van der Waals surface area contributed by atoms with Crippen LogP contribution in [0.2, 0.25) is 0 Å². The fourth-order valence-corrected chi connectivity index (χ4v) is 2.35. The maximum Gasteiger partial charge on any atom is 0.303 e. The van der Waals surface area contributed by atoms with Crippen LogP contribution in [0.25, 0.3) is 0 Å². The lowest BCUT2D eigenvalue weighted by molar-refractivity contribution is -0.138. The number of carboxylic acids is 1. The minimum absolute atomic E-state index is 0.00750. The molecule has 1 heterocycles. The van der Waals surface area contributed by atoms with Crippen LogP contribution in [0.15, 0.2) is 0 Å². The first-order valence-electron chi connectivity index (χ1n) is 5.86. The van der Waals surface area contributed by atoms with Crippen molar-refractivity contribution < 1.29 is 14.7 Å². The van der Waals surface area contributed by atoms with Crippen molar-refractivity contribution in [2.24, 2.45) is 0 Å². The number of carboxylic acid groups (broad SMARTS) is 1. The average molecular weight is 226 g/mol. The third kappa shape index (κ3) is 2.52. The van der Waals surface area contributed by atoms with Crippen molar-refractivity contribution in [2.45, 2.75) is 50.7 Å². The second kappa shape index (κ2) is 4.41. The second-order valence-electron chi connectivity index (χ2n) is 4.79. The highest BCUT2D eigenvalue weighted by Gasteiger charge is 2.40. The van der Waals surface area contributed by atoms with Gasteiger partial charge in [0.1, 0.15) is 0 Å². The Labute approximate surface area is 94.8 Å². The lowest BCUT2D eigenvalue weighted by atomic mass is 10.0. The zero-order valence-electron chi connectivity index (χ0n) is 9.48. The summed E-state index contributed by atoms with van der Waals surface area (Å²) in [5, 5.41) is 11.6. The zero-order valence-corrected chi connectivity index (χ0v) is 9.48. The number of piperazine rings is 1. The zero-order chi connectivity index (χ0) is 11.7. The van der Waals surface area contributed by atoms with Crippen LogP contribution >= 0.6 is 0 Å². The van der Waals surface area contributed by atoms with Gasteiger partial charge >= 0.3 is 5.97 Å². The van der Waals surface area contributed by atoms with Gasteiger partial charge in [0.15, 0.2) is 0 Å². The van der Waals surface area contributed by atoms with Crippen molar-refractivity contribution >= 4 is 11.9 Å². The molecule has 0 bridgehead atoms. The van der Waals surface area contributed by atoms with Crippen LogP contribution in [0.5, 0.6) is 0 Å². The summed E-state index contributed by atoms with van der Waals surface area (Å²) >= 11 is 0. The molecule has 1 saturated carbocycles. The summed E-state index contributed by atoms with van der Waals surface area (Å²) in [6.07, 6.45) is 2.77. The van der Waals surface area contributed by atoms with E-state index in [4.69, 9.17) is 5.11 Å². The van der Waals surface area contributed by atoms with Crippen LogP contribution in [0.3, 0.4) is 0 Å². The molecule has 1 amide bonds. The van der Waals surface area contributed by atoms with Crippen LogP contribution in [-0.4, -0.2) is 46.6 Å². The molecule has 1 aliphatic carbocycles. The molecule has 90 valence electrons. The highest BCUT2D eigenvalue weighted by molar-refractivity contribution is 5.83. The number of nitrogens with zero attached hydrogens (tertiary/aromatic N) is 1. The van der Waals surface area contributed by atoms with Crippen LogP contribution in [0, 0.1) is 0 Å². The van der Waals surface area contributed by atoms with Gasteiger partial charge in [-0.1, -0.05) is 0 Å². The van der Waals surface area contributed by atoms with Crippen LogP contribution < -0.4 is 5.32 Å². The lowest BCUT2D eigenvalue weighted by Crippen LogP contribution is -2.59. The number of aliphatic carboxylic acids is 1. The van der Waals surface area contributed by atoms with E-state index in [1.165, 1.54) is 0 Å². The lowest BCUT2D eigenvalue weighted by Gasteiger charge is -2.38. The predicted octanol–water partition coefficient (Wildman–Crippen LogP) is 0.203. The molecule has 0 aromatic heterocycles. The topological polar surface area (TPSA) is 69.6 Å². The molecule has 1 saturated heterocycles. The van der Waals surface area contributed by atoms with E-state index >= 15 is 0 Å². The van der Waals surface area contributed by atoms with E-state index in [2.05, 4.69) is 10.2 Å². The number of hydrogen-bond acceptors (Lipinski definition) is 3. The van der Waals surface area contributed by atoms with Gasteiger partial charge in [-0.05, 0) is 26.2 Å². The number of hydrogen-bond donors (Lipinski definition) is 2. The first-order chi connectivity index (χ1) is 7.58. The molecule has 0 spiro atoms. The van der Waals surface area contributed by atoms with Gasteiger partial charge < -0.3 is 10.4 Å². The average Bonchev–Trinajstić information content (AvgIpc) is 2.97. The van der Waals surface area contributed by atoms with Crippen LogP contribution in [0.1, 0.15) is 32.6 Å². The molecule has 1 aliphatic heterocycles. The minimum Gasteiger partial charge on any atom is -0.481 e. The number of amides is 1.